The molecule has 4 rings (SSSR count). The Morgan fingerprint density at radius 2 is 1.85 bits per heavy atom. The molecule has 0 radical (unpaired) electrons. The summed E-state index contributed by atoms with van der Waals surface area (Å²) < 4.78 is 11.2. The summed E-state index contributed by atoms with van der Waals surface area (Å²) in [5.41, 5.74) is 1.18. The SMILES string of the molecule is CCC(=O)N(Cc1cc2cc3c(cc2[nH]c1=O)OCCO3)C1CCCC1. The first-order valence-electron chi connectivity index (χ1n) is 9.40. The van der Waals surface area contributed by atoms with Crippen LogP contribution in [-0.4, -0.2) is 35.0 Å². The second kappa shape index (κ2) is 7.02. The number of hydrogen-bond acceptors (Lipinski definition) is 4. The van der Waals surface area contributed by atoms with Crippen molar-refractivity contribution in [3.63, 3.8) is 0 Å². The van der Waals surface area contributed by atoms with Crippen LogP contribution in [-0.2, 0) is 11.3 Å². The van der Waals surface area contributed by atoms with Crippen LogP contribution in [0.3, 0.4) is 0 Å². The highest BCUT2D eigenvalue weighted by molar-refractivity contribution is 5.83. The van der Waals surface area contributed by atoms with E-state index in [0.717, 1.165) is 36.6 Å². The molecule has 6 heteroatoms. The molecule has 6 nitrogen and oxygen atoms in total. The molecule has 0 unspecified atom stereocenters. The van der Waals surface area contributed by atoms with Gasteiger partial charge in [0.1, 0.15) is 13.2 Å². The molecule has 1 N–H and O–H groups in total. The molecular weight excluding hydrogens is 332 g/mol. The van der Waals surface area contributed by atoms with Crippen LogP contribution in [0.2, 0.25) is 0 Å². The van der Waals surface area contributed by atoms with Gasteiger partial charge in [-0.25, -0.2) is 0 Å². The zero-order chi connectivity index (χ0) is 18.1. The van der Waals surface area contributed by atoms with Crippen molar-refractivity contribution < 1.29 is 14.3 Å². The highest BCUT2D eigenvalue weighted by atomic mass is 16.6. The van der Waals surface area contributed by atoms with E-state index >= 15 is 0 Å². The topological polar surface area (TPSA) is 71.6 Å². The Hall–Kier alpha value is -2.50. The number of aromatic nitrogens is 1. The number of rotatable bonds is 4. The van der Waals surface area contributed by atoms with Crippen LogP contribution in [0.15, 0.2) is 23.0 Å². The minimum atomic E-state index is -0.152. The number of carbonyl (C=O) groups excluding carboxylic acids is 1. The van der Waals surface area contributed by atoms with E-state index in [0.29, 0.717) is 43.2 Å². The molecule has 1 aliphatic heterocycles. The first-order chi connectivity index (χ1) is 12.7. The molecule has 0 bridgehead atoms. The van der Waals surface area contributed by atoms with Crippen LogP contribution in [0.25, 0.3) is 10.9 Å². The fourth-order valence-corrected chi connectivity index (χ4v) is 3.93. The van der Waals surface area contributed by atoms with Crippen molar-refractivity contribution in [3.8, 4) is 11.5 Å². The lowest BCUT2D eigenvalue weighted by Gasteiger charge is -2.28. The predicted molar refractivity (Wildman–Crippen MR) is 98.7 cm³/mol. The van der Waals surface area contributed by atoms with Gasteiger partial charge in [-0.1, -0.05) is 19.8 Å². The predicted octanol–water partition coefficient (Wildman–Crippen LogP) is 2.98. The van der Waals surface area contributed by atoms with Crippen LogP contribution in [0.4, 0.5) is 0 Å². The maximum absolute atomic E-state index is 12.6. The number of ether oxygens (including phenoxy) is 2. The van der Waals surface area contributed by atoms with E-state index < -0.39 is 0 Å². The monoisotopic (exact) mass is 356 g/mol. The normalized spacial score (nSPS) is 16.8. The van der Waals surface area contributed by atoms with Gasteiger partial charge in [-0.2, -0.15) is 0 Å². The van der Waals surface area contributed by atoms with Crippen molar-refractivity contribution in [2.75, 3.05) is 13.2 Å². The maximum Gasteiger partial charge on any atom is 0.253 e. The summed E-state index contributed by atoms with van der Waals surface area (Å²) in [5.74, 6) is 1.46. The minimum Gasteiger partial charge on any atom is -0.486 e. The van der Waals surface area contributed by atoms with Gasteiger partial charge in [0.15, 0.2) is 11.5 Å². The van der Waals surface area contributed by atoms with Gasteiger partial charge >= 0.3 is 0 Å². The van der Waals surface area contributed by atoms with Crippen LogP contribution in [0.1, 0.15) is 44.6 Å². The zero-order valence-corrected chi connectivity index (χ0v) is 15.0. The summed E-state index contributed by atoms with van der Waals surface area (Å²) in [5, 5.41) is 0.888. The summed E-state index contributed by atoms with van der Waals surface area (Å²) in [6.07, 6.45) is 4.80. The average Bonchev–Trinajstić information content (AvgIpc) is 3.18. The molecule has 0 spiro atoms. The van der Waals surface area contributed by atoms with Crippen molar-refractivity contribution in [2.24, 2.45) is 0 Å². The van der Waals surface area contributed by atoms with Crippen molar-refractivity contribution in [1.82, 2.24) is 9.88 Å². The first-order valence-corrected chi connectivity index (χ1v) is 9.40. The van der Waals surface area contributed by atoms with Crippen LogP contribution >= 0.6 is 0 Å². The average molecular weight is 356 g/mol. The number of fused-ring (bicyclic) bond motifs is 2. The number of H-pyrrole nitrogens is 1. The van der Waals surface area contributed by atoms with Crippen molar-refractivity contribution >= 4 is 16.8 Å². The Morgan fingerprint density at radius 1 is 1.15 bits per heavy atom. The third-order valence-corrected chi connectivity index (χ3v) is 5.31. The number of amides is 1. The van der Waals surface area contributed by atoms with Crippen molar-refractivity contribution in [1.29, 1.82) is 0 Å². The summed E-state index contributed by atoms with van der Waals surface area (Å²) in [6, 6.07) is 5.82. The highest BCUT2D eigenvalue weighted by Gasteiger charge is 2.26. The van der Waals surface area contributed by atoms with Crippen molar-refractivity contribution in [3.05, 3.63) is 34.1 Å². The Labute approximate surface area is 152 Å². The summed E-state index contributed by atoms with van der Waals surface area (Å²) in [6.45, 7) is 3.26. The zero-order valence-electron chi connectivity index (χ0n) is 15.0. The molecule has 2 heterocycles. The maximum atomic E-state index is 12.6. The largest absolute Gasteiger partial charge is 0.486 e. The van der Waals surface area contributed by atoms with Crippen LogP contribution in [0, 0.1) is 0 Å². The number of nitrogens with one attached hydrogen (secondary N) is 1. The fourth-order valence-electron chi connectivity index (χ4n) is 3.93. The number of carbonyl (C=O) groups is 1. The number of hydrogen-bond donors (Lipinski definition) is 1. The van der Waals surface area contributed by atoms with E-state index in [1.165, 1.54) is 0 Å². The molecule has 1 aromatic heterocycles. The molecule has 1 amide bonds. The number of nitrogens with zero attached hydrogens (tertiary/aromatic N) is 1. The molecule has 0 atom stereocenters. The third-order valence-electron chi connectivity index (χ3n) is 5.31. The Kier molecular flexibility index (Phi) is 4.57. The number of pyridine rings is 1. The number of benzene rings is 1. The molecule has 2 aromatic rings. The van der Waals surface area contributed by atoms with Gasteiger partial charge in [0.05, 0.1) is 12.1 Å². The molecule has 138 valence electrons. The van der Waals surface area contributed by atoms with Gasteiger partial charge < -0.3 is 19.4 Å². The van der Waals surface area contributed by atoms with E-state index in [-0.39, 0.29) is 17.5 Å². The summed E-state index contributed by atoms with van der Waals surface area (Å²) in [7, 11) is 0. The second-order valence-electron chi connectivity index (χ2n) is 7.02. The van der Waals surface area contributed by atoms with E-state index in [1.807, 2.05) is 24.0 Å². The molecule has 0 saturated heterocycles. The van der Waals surface area contributed by atoms with Gasteiger partial charge in [0, 0.05) is 29.5 Å². The van der Waals surface area contributed by atoms with Gasteiger partial charge in [0.25, 0.3) is 5.56 Å². The van der Waals surface area contributed by atoms with Crippen LogP contribution < -0.4 is 15.0 Å². The fraction of sp³-hybridized carbons (Fsp3) is 0.500. The molecule has 26 heavy (non-hydrogen) atoms. The van der Waals surface area contributed by atoms with Gasteiger partial charge in [-0.15, -0.1) is 0 Å². The van der Waals surface area contributed by atoms with Gasteiger partial charge in [0.2, 0.25) is 5.91 Å². The lowest BCUT2D eigenvalue weighted by atomic mass is 10.1. The lowest BCUT2D eigenvalue weighted by Crippen LogP contribution is -2.39. The van der Waals surface area contributed by atoms with Gasteiger partial charge in [-0.05, 0) is 25.0 Å². The number of aromatic amines is 1. The molecule has 1 saturated carbocycles. The van der Waals surface area contributed by atoms with E-state index in [1.54, 1.807) is 6.07 Å². The van der Waals surface area contributed by atoms with E-state index in [2.05, 4.69) is 4.98 Å². The quantitative estimate of drug-likeness (QED) is 0.914. The smallest absolute Gasteiger partial charge is 0.253 e. The Morgan fingerprint density at radius 3 is 2.54 bits per heavy atom. The van der Waals surface area contributed by atoms with Gasteiger partial charge in [-0.3, -0.25) is 9.59 Å². The molecule has 2 aliphatic rings. The molecule has 1 aromatic carbocycles. The standard InChI is InChI=1S/C20H24N2O4/c1-2-19(23)22(15-5-3-4-6-15)12-14-9-13-10-17-18(26-8-7-25-17)11-16(13)21-20(14)24/h9-11,15H,2-8,12H2,1H3,(H,21,24). The molecule has 1 fully saturated rings. The van der Waals surface area contributed by atoms with Crippen molar-refractivity contribution in [2.45, 2.75) is 51.6 Å². The Balaban J connectivity index is 1.69. The molecular formula is C20H24N2O4. The highest BCUT2D eigenvalue weighted by Crippen LogP contribution is 2.34. The second-order valence-corrected chi connectivity index (χ2v) is 7.02. The third kappa shape index (κ3) is 3.16. The van der Waals surface area contributed by atoms with E-state index in [9.17, 15) is 9.59 Å². The first kappa shape index (κ1) is 16.9. The summed E-state index contributed by atoms with van der Waals surface area (Å²) >= 11 is 0. The minimum absolute atomic E-state index is 0.110. The summed E-state index contributed by atoms with van der Waals surface area (Å²) in [4.78, 5) is 29.9. The van der Waals surface area contributed by atoms with E-state index in [4.69, 9.17) is 9.47 Å². The van der Waals surface area contributed by atoms with Crippen LogP contribution in [0.5, 0.6) is 11.5 Å². The molecule has 1 aliphatic carbocycles. The lowest BCUT2D eigenvalue weighted by molar-refractivity contribution is -0.133. The Bertz CT molecular complexity index is 883.